The molecule has 1 aromatic carbocycles. The number of para-hydroxylation sites is 1. The van der Waals surface area contributed by atoms with Crippen molar-refractivity contribution in [3.05, 3.63) is 76.5 Å². The summed E-state index contributed by atoms with van der Waals surface area (Å²) in [4.78, 5) is 26.0. The van der Waals surface area contributed by atoms with Crippen LogP contribution in [0.2, 0.25) is 0 Å². The first-order chi connectivity index (χ1) is 16.2. The second-order valence-electron chi connectivity index (χ2n) is 8.44. The Kier molecular flexibility index (Phi) is 6.02. The van der Waals surface area contributed by atoms with Gasteiger partial charge in [0.1, 0.15) is 0 Å². The molecule has 0 fully saturated rings. The fourth-order valence-corrected chi connectivity index (χ4v) is 4.44. The Hall–Kier alpha value is -3.74. The number of aromatic nitrogens is 4. The SMILES string of the molecule is Cn1c(NCCCNc2c3c(nc4ccccc24)CCCC3)nc(-c2ccncc2)cc1=O. The van der Waals surface area contributed by atoms with Gasteiger partial charge in [-0.3, -0.25) is 19.3 Å². The standard InChI is InChI=1S/C26H28N6O/c1-32-24(33)17-23(18-11-15-27-16-12-18)31-26(32)29-14-6-13-28-25-19-7-2-4-9-21(19)30-22-10-5-3-8-20(22)25/h2,4,7,9,11-12,15-17H,3,5-6,8,10,13-14H2,1H3,(H,28,30)(H,29,31). The minimum absolute atomic E-state index is 0.0904. The number of pyridine rings is 2. The van der Waals surface area contributed by atoms with Crippen LogP contribution in [0, 0.1) is 0 Å². The van der Waals surface area contributed by atoms with Crippen LogP contribution in [0.3, 0.4) is 0 Å². The number of benzene rings is 1. The van der Waals surface area contributed by atoms with Crippen LogP contribution in [0.25, 0.3) is 22.2 Å². The molecular formula is C26H28N6O. The Morgan fingerprint density at radius 3 is 2.64 bits per heavy atom. The van der Waals surface area contributed by atoms with Gasteiger partial charge in [0.25, 0.3) is 5.56 Å². The van der Waals surface area contributed by atoms with Crippen molar-refractivity contribution in [2.24, 2.45) is 7.05 Å². The van der Waals surface area contributed by atoms with Crippen LogP contribution in [0.15, 0.2) is 59.7 Å². The average molecular weight is 441 g/mol. The van der Waals surface area contributed by atoms with E-state index >= 15 is 0 Å². The summed E-state index contributed by atoms with van der Waals surface area (Å²) < 4.78 is 1.55. The fourth-order valence-electron chi connectivity index (χ4n) is 4.44. The van der Waals surface area contributed by atoms with Crippen LogP contribution in [-0.2, 0) is 19.9 Å². The van der Waals surface area contributed by atoms with Crippen molar-refractivity contribution in [2.75, 3.05) is 23.7 Å². The summed E-state index contributed by atoms with van der Waals surface area (Å²) in [7, 11) is 1.74. The van der Waals surface area contributed by atoms with E-state index in [1.54, 1.807) is 30.1 Å². The van der Waals surface area contributed by atoms with Crippen LogP contribution < -0.4 is 16.2 Å². The van der Waals surface area contributed by atoms with E-state index in [0.29, 0.717) is 18.2 Å². The van der Waals surface area contributed by atoms with Gasteiger partial charge in [-0.2, -0.15) is 0 Å². The molecular weight excluding hydrogens is 412 g/mol. The molecule has 2 N–H and O–H groups in total. The summed E-state index contributed by atoms with van der Waals surface area (Å²) in [5.41, 5.74) is 6.35. The van der Waals surface area contributed by atoms with E-state index in [1.165, 1.54) is 35.2 Å². The van der Waals surface area contributed by atoms with Crippen LogP contribution >= 0.6 is 0 Å². The summed E-state index contributed by atoms with van der Waals surface area (Å²) in [6.45, 7) is 1.53. The number of nitrogens with one attached hydrogen (secondary N) is 2. The Morgan fingerprint density at radius 2 is 1.76 bits per heavy atom. The highest BCUT2D eigenvalue weighted by molar-refractivity contribution is 5.93. The summed E-state index contributed by atoms with van der Waals surface area (Å²) in [6.07, 6.45) is 8.87. The highest BCUT2D eigenvalue weighted by Gasteiger charge is 2.17. The highest BCUT2D eigenvalue weighted by Crippen LogP contribution is 2.33. The van der Waals surface area contributed by atoms with Gasteiger partial charge in [-0.25, -0.2) is 4.98 Å². The van der Waals surface area contributed by atoms with E-state index in [-0.39, 0.29) is 5.56 Å². The van der Waals surface area contributed by atoms with E-state index in [9.17, 15) is 4.79 Å². The third-order valence-electron chi connectivity index (χ3n) is 6.22. The van der Waals surface area contributed by atoms with Gasteiger partial charge < -0.3 is 10.6 Å². The number of aryl methyl sites for hydroxylation is 1. The molecule has 0 radical (unpaired) electrons. The first-order valence-electron chi connectivity index (χ1n) is 11.6. The van der Waals surface area contributed by atoms with Crippen molar-refractivity contribution in [1.29, 1.82) is 0 Å². The molecule has 7 nitrogen and oxygen atoms in total. The van der Waals surface area contributed by atoms with Gasteiger partial charge >= 0.3 is 0 Å². The van der Waals surface area contributed by atoms with Crippen LogP contribution in [0.4, 0.5) is 11.6 Å². The minimum Gasteiger partial charge on any atom is -0.384 e. The summed E-state index contributed by atoms with van der Waals surface area (Å²) >= 11 is 0. The third-order valence-corrected chi connectivity index (χ3v) is 6.22. The third kappa shape index (κ3) is 4.44. The maximum Gasteiger partial charge on any atom is 0.255 e. The number of fused-ring (bicyclic) bond motifs is 2. The summed E-state index contributed by atoms with van der Waals surface area (Å²) in [6, 6.07) is 13.6. The van der Waals surface area contributed by atoms with Crippen molar-refractivity contribution in [1.82, 2.24) is 19.5 Å². The molecule has 168 valence electrons. The van der Waals surface area contributed by atoms with E-state index in [1.807, 2.05) is 12.1 Å². The molecule has 0 saturated carbocycles. The van der Waals surface area contributed by atoms with E-state index in [4.69, 9.17) is 4.98 Å². The van der Waals surface area contributed by atoms with Crippen molar-refractivity contribution < 1.29 is 0 Å². The normalized spacial score (nSPS) is 13.0. The lowest BCUT2D eigenvalue weighted by molar-refractivity contribution is 0.671. The molecule has 0 aliphatic heterocycles. The Morgan fingerprint density at radius 1 is 0.970 bits per heavy atom. The molecule has 3 heterocycles. The van der Waals surface area contributed by atoms with Crippen molar-refractivity contribution in [2.45, 2.75) is 32.1 Å². The molecule has 3 aromatic heterocycles. The van der Waals surface area contributed by atoms with Gasteiger partial charge in [0, 0.05) is 60.9 Å². The number of nitrogens with zero attached hydrogens (tertiary/aromatic N) is 4. The molecule has 0 spiro atoms. The van der Waals surface area contributed by atoms with Gasteiger partial charge in [0.2, 0.25) is 5.95 Å². The molecule has 1 aliphatic rings. The number of anilines is 2. The predicted molar refractivity (Wildman–Crippen MR) is 133 cm³/mol. The summed E-state index contributed by atoms with van der Waals surface area (Å²) in [5, 5.41) is 8.22. The fraction of sp³-hybridized carbons (Fsp3) is 0.308. The molecule has 33 heavy (non-hydrogen) atoms. The monoisotopic (exact) mass is 440 g/mol. The van der Waals surface area contributed by atoms with E-state index in [0.717, 1.165) is 36.9 Å². The van der Waals surface area contributed by atoms with Gasteiger partial charge in [-0.05, 0) is 55.9 Å². The molecule has 7 heteroatoms. The minimum atomic E-state index is -0.0904. The molecule has 1 aliphatic carbocycles. The van der Waals surface area contributed by atoms with Gasteiger partial charge in [-0.15, -0.1) is 0 Å². The molecule has 0 unspecified atom stereocenters. The molecule has 4 aromatic rings. The zero-order chi connectivity index (χ0) is 22.6. The maximum atomic E-state index is 12.4. The molecule has 0 atom stereocenters. The average Bonchev–Trinajstić information content (AvgIpc) is 2.86. The lowest BCUT2D eigenvalue weighted by atomic mass is 9.92. The second-order valence-corrected chi connectivity index (χ2v) is 8.44. The second kappa shape index (κ2) is 9.40. The van der Waals surface area contributed by atoms with Gasteiger partial charge in [0.05, 0.1) is 11.2 Å². The number of rotatable bonds is 7. The lowest BCUT2D eigenvalue weighted by Gasteiger charge is -2.21. The first kappa shape index (κ1) is 21.1. The van der Waals surface area contributed by atoms with E-state index in [2.05, 4.69) is 44.9 Å². The molecule has 0 bridgehead atoms. The summed E-state index contributed by atoms with van der Waals surface area (Å²) in [5.74, 6) is 0.570. The molecule has 0 amide bonds. The van der Waals surface area contributed by atoms with Crippen LogP contribution in [0.5, 0.6) is 0 Å². The Labute approximate surface area is 192 Å². The predicted octanol–water partition coefficient (Wildman–Crippen LogP) is 4.18. The van der Waals surface area contributed by atoms with Crippen molar-refractivity contribution in [3.8, 4) is 11.3 Å². The maximum absolute atomic E-state index is 12.4. The smallest absolute Gasteiger partial charge is 0.255 e. The lowest BCUT2D eigenvalue weighted by Crippen LogP contribution is -2.23. The van der Waals surface area contributed by atoms with Crippen molar-refractivity contribution >= 4 is 22.5 Å². The zero-order valence-corrected chi connectivity index (χ0v) is 18.8. The van der Waals surface area contributed by atoms with Crippen LogP contribution in [0.1, 0.15) is 30.5 Å². The van der Waals surface area contributed by atoms with Gasteiger partial charge in [0.15, 0.2) is 0 Å². The van der Waals surface area contributed by atoms with E-state index < -0.39 is 0 Å². The van der Waals surface area contributed by atoms with Crippen LogP contribution in [-0.4, -0.2) is 32.6 Å². The van der Waals surface area contributed by atoms with Crippen molar-refractivity contribution in [3.63, 3.8) is 0 Å². The Balaban J connectivity index is 1.27. The first-order valence-corrected chi connectivity index (χ1v) is 11.6. The quantitative estimate of drug-likeness (QED) is 0.419. The highest BCUT2D eigenvalue weighted by atomic mass is 16.1. The number of hydrogen-bond donors (Lipinski definition) is 2. The van der Waals surface area contributed by atoms with Gasteiger partial charge in [-0.1, -0.05) is 18.2 Å². The molecule has 5 rings (SSSR count). The molecule has 0 saturated heterocycles. The Bertz CT molecular complexity index is 1330. The largest absolute Gasteiger partial charge is 0.384 e. The topological polar surface area (TPSA) is 84.7 Å². The zero-order valence-electron chi connectivity index (χ0n) is 18.8. The number of hydrogen-bond acceptors (Lipinski definition) is 6.